The predicted octanol–water partition coefficient (Wildman–Crippen LogP) is 2.87. The smallest absolute Gasteiger partial charge is 0.239 e. The molecule has 0 spiro atoms. The monoisotopic (exact) mass is 308 g/mol. The molecule has 2 saturated heterocycles. The number of benzene rings is 1. The van der Waals surface area contributed by atoms with Crippen molar-refractivity contribution < 1.29 is 4.79 Å². The van der Waals surface area contributed by atoms with E-state index in [1.165, 1.54) is 11.1 Å². The van der Waals surface area contributed by atoms with Crippen molar-refractivity contribution in [3.8, 4) is 0 Å². The Morgan fingerprint density at radius 3 is 2.76 bits per heavy atom. The Labute approximate surface area is 133 Å². The summed E-state index contributed by atoms with van der Waals surface area (Å²) in [5.41, 5.74) is 2.76. The van der Waals surface area contributed by atoms with E-state index in [2.05, 4.69) is 48.3 Å². The molecule has 1 aromatic carbocycles. The third-order valence-corrected chi connectivity index (χ3v) is 4.84. The number of halogens is 1. The lowest BCUT2D eigenvalue weighted by Crippen LogP contribution is -2.45. The van der Waals surface area contributed by atoms with Crippen molar-refractivity contribution in [2.75, 3.05) is 13.1 Å². The molecule has 1 aromatic rings. The summed E-state index contributed by atoms with van der Waals surface area (Å²) in [5.74, 6) is 0.808. The van der Waals surface area contributed by atoms with Gasteiger partial charge in [-0.25, -0.2) is 0 Å². The van der Waals surface area contributed by atoms with E-state index in [-0.39, 0.29) is 18.4 Å². The zero-order valence-electron chi connectivity index (χ0n) is 12.8. The van der Waals surface area contributed by atoms with E-state index in [9.17, 15) is 4.79 Å². The van der Waals surface area contributed by atoms with Crippen LogP contribution in [0.4, 0.5) is 0 Å². The van der Waals surface area contributed by atoms with Crippen LogP contribution in [0.3, 0.4) is 0 Å². The molecule has 3 rings (SSSR count). The van der Waals surface area contributed by atoms with Gasteiger partial charge in [0.1, 0.15) is 0 Å². The van der Waals surface area contributed by atoms with Gasteiger partial charge in [0.2, 0.25) is 5.91 Å². The van der Waals surface area contributed by atoms with Crippen LogP contribution in [0.2, 0.25) is 0 Å². The van der Waals surface area contributed by atoms with Crippen LogP contribution in [-0.2, 0) is 4.79 Å². The Balaban J connectivity index is 0.00000161. The summed E-state index contributed by atoms with van der Waals surface area (Å²) >= 11 is 0. The summed E-state index contributed by atoms with van der Waals surface area (Å²) in [6.07, 6.45) is 3.21. The summed E-state index contributed by atoms with van der Waals surface area (Å²) in [4.78, 5) is 14.7. The molecule has 2 aliphatic heterocycles. The molecule has 0 aromatic heterocycles. The second-order valence-corrected chi connectivity index (χ2v) is 6.28. The predicted molar refractivity (Wildman–Crippen MR) is 88.0 cm³/mol. The lowest BCUT2D eigenvalue weighted by Gasteiger charge is -2.25. The Hall–Kier alpha value is -1.06. The van der Waals surface area contributed by atoms with E-state index in [4.69, 9.17) is 0 Å². The standard InChI is InChI=1S/C17H24N2O.ClH/c1-12-6-3-4-7-15(12)14-10-13(2)19(11-14)17(20)16-8-5-9-18-16;/h3-4,6-7,13-14,16,18H,5,8-11H2,1-2H3;1H/t13?,14?,16-;/m0./s1. The fraction of sp³-hybridized carbons (Fsp3) is 0.588. The van der Waals surface area contributed by atoms with Crippen LogP contribution in [0.15, 0.2) is 24.3 Å². The molecule has 3 nitrogen and oxygen atoms in total. The fourth-order valence-electron chi connectivity index (χ4n) is 3.70. The second-order valence-electron chi connectivity index (χ2n) is 6.28. The first-order chi connectivity index (χ1) is 9.66. The number of hydrogen-bond donors (Lipinski definition) is 1. The molecule has 116 valence electrons. The van der Waals surface area contributed by atoms with Crippen LogP contribution in [0, 0.1) is 6.92 Å². The summed E-state index contributed by atoms with van der Waals surface area (Å²) in [6.45, 7) is 6.22. The molecule has 2 heterocycles. The number of hydrogen-bond acceptors (Lipinski definition) is 2. The van der Waals surface area contributed by atoms with E-state index < -0.39 is 0 Å². The van der Waals surface area contributed by atoms with Crippen molar-refractivity contribution >= 4 is 18.3 Å². The number of amides is 1. The third-order valence-electron chi connectivity index (χ3n) is 4.84. The topological polar surface area (TPSA) is 32.3 Å². The Morgan fingerprint density at radius 1 is 1.33 bits per heavy atom. The van der Waals surface area contributed by atoms with Crippen LogP contribution >= 0.6 is 12.4 Å². The minimum atomic E-state index is 0. The highest BCUT2D eigenvalue weighted by Gasteiger charge is 2.37. The van der Waals surface area contributed by atoms with E-state index in [0.29, 0.717) is 17.9 Å². The first kappa shape index (κ1) is 16.3. The van der Waals surface area contributed by atoms with E-state index >= 15 is 0 Å². The van der Waals surface area contributed by atoms with Crippen molar-refractivity contribution in [2.24, 2.45) is 0 Å². The zero-order chi connectivity index (χ0) is 14.1. The average molecular weight is 309 g/mol. The number of nitrogens with zero attached hydrogens (tertiary/aromatic N) is 1. The molecule has 2 unspecified atom stereocenters. The van der Waals surface area contributed by atoms with Gasteiger partial charge >= 0.3 is 0 Å². The van der Waals surface area contributed by atoms with Gasteiger partial charge in [-0.1, -0.05) is 24.3 Å². The van der Waals surface area contributed by atoms with Crippen molar-refractivity contribution in [3.05, 3.63) is 35.4 Å². The molecule has 0 aliphatic carbocycles. The lowest BCUT2D eigenvalue weighted by molar-refractivity contribution is -0.133. The molecular weight excluding hydrogens is 284 g/mol. The average Bonchev–Trinajstić information content (AvgIpc) is 3.08. The minimum Gasteiger partial charge on any atom is -0.338 e. The number of aryl methyl sites for hydroxylation is 1. The maximum absolute atomic E-state index is 12.6. The number of carbonyl (C=O) groups is 1. The van der Waals surface area contributed by atoms with Crippen molar-refractivity contribution in [2.45, 2.75) is 51.1 Å². The van der Waals surface area contributed by atoms with Gasteiger partial charge < -0.3 is 10.2 Å². The second kappa shape index (κ2) is 6.80. The molecule has 0 saturated carbocycles. The molecule has 2 aliphatic rings. The Morgan fingerprint density at radius 2 is 2.10 bits per heavy atom. The third kappa shape index (κ3) is 3.24. The molecule has 21 heavy (non-hydrogen) atoms. The van der Waals surface area contributed by atoms with Gasteiger partial charge in [0.05, 0.1) is 6.04 Å². The van der Waals surface area contributed by atoms with Crippen molar-refractivity contribution in [1.82, 2.24) is 10.2 Å². The normalized spacial score (nSPS) is 28.5. The van der Waals surface area contributed by atoms with Crippen LogP contribution < -0.4 is 5.32 Å². The fourth-order valence-corrected chi connectivity index (χ4v) is 3.70. The number of likely N-dealkylation sites (tertiary alicyclic amines) is 1. The number of carbonyl (C=O) groups excluding carboxylic acids is 1. The Bertz CT molecular complexity index is 499. The van der Waals surface area contributed by atoms with E-state index in [1.54, 1.807) is 0 Å². The summed E-state index contributed by atoms with van der Waals surface area (Å²) in [7, 11) is 0. The summed E-state index contributed by atoms with van der Waals surface area (Å²) in [6, 6.07) is 9.00. The molecule has 1 N–H and O–H groups in total. The summed E-state index contributed by atoms with van der Waals surface area (Å²) in [5, 5.41) is 3.33. The van der Waals surface area contributed by atoms with Gasteiger partial charge in [-0.05, 0) is 50.8 Å². The highest BCUT2D eigenvalue weighted by molar-refractivity contribution is 5.85. The minimum absolute atomic E-state index is 0. The van der Waals surface area contributed by atoms with Crippen LogP contribution in [0.1, 0.15) is 43.2 Å². The maximum atomic E-state index is 12.6. The van der Waals surface area contributed by atoms with Crippen LogP contribution in [0.5, 0.6) is 0 Å². The molecule has 0 bridgehead atoms. The summed E-state index contributed by atoms with van der Waals surface area (Å²) < 4.78 is 0. The largest absolute Gasteiger partial charge is 0.338 e. The number of nitrogens with one attached hydrogen (secondary N) is 1. The van der Waals surface area contributed by atoms with Crippen LogP contribution in [0.25, 0.3) is 0 Å². The van der Waals surface area contributed by atoms with E-state index in [0.717, 1.165) is 32.4 Å². The SMILES string of the molecule is Cc1ccccc1C1CC(C)N(C(=O)[C@@H]2CCCN2)C1.Cl. The quantitative estimate of drug-likeness (QED) is 0.911. The zero-order valence-corrected chi connectivity index (χ0v) is 13.7. The van der Waals surface area contributed by atoms with Gasteiger partial charge in [-0.2, -0.15) is 0 Å². The highest BCUT2D eigenvalue weighted by atomic mass is 35.5. The van der Waals surface area contributed by atoms with Gasteiger partial charge in [0, 0.05) is 18.5 Å². The first-order valence-corrected chi connectivity index (χ1v) is 7.76. The molecule has 0 radical (unpaired) electrons. The molecule has 3 atom stereocenters. The Kier molecular flexibility index (Phi) is 5.28. The first-order valence-electron chi connectivity index (χ1n) is 7.76. The maximum Gasteiger partial charge on any atom is 0.239 e. The van der Waals surface area contributed by atoms with Gasteiger partial charge in [0.15, 0.2) is 0 Å². The van der Waals surface area contributed by atoms with Crippen molar-refractivity contribution in [3.63, 3.8) is 0 Å². The van der Waals surface area contributed by atoms with E-state index in [1.807, 2.05) is 0 Å². The van der Waals surface area contributed by atoms with Crippen LogP contribution in [-0.4, -0.2) is 36.0 Å². The highest BCUT2D eigenvalue weighted by Crippen LogP contribution is 2.33. The van der Waals surface area contributed by atoms with Crippen molar-refractivity contribution in [1.29, 1.82) is 0 Å². The lowest BCUT2D eigenvalue weighted by atomic mass is 9.93. The van der Waals surface area contributed by atoms with Gasteiger partial charge in [-0.3, -0.25) is 4.79 Å². The molecule has 4 heteroatoms. The molecule has 2 fully saturated rings. The van der Waals surface area contributed by atoms with Gasteiger partial charge in [0.25, 0.3) is 0 Å². The molecule has 1 amide bonds. The molecular formula is C17H25ClN2O. The number of rotatable bonds is 2. The van der Waals surface area contributed by atoms with Gasteiger partial charge in [-0.15, -0.1) is 12.4 Å².